The summed E-state index contributed by atoms with van der Waals surface area (Å²) < 4.78 is 0. The third kappa shape index (κ3) is 61.2. The molecule has 0 N–H and O–H groups in total. The first-order valence-electron chi connectivity index (χ1n) is 2.90. The highest BCUT2D eigenvalue weighted by atomic mass is 33.1. The lowest BCUT2D eigenvalue weighted by molar-refractivity contribution is 0.530. The van der Waals surface area contributed by atoms with Crippen LogP contribution in [0.4, 0.5) is 0 Å². The van der Waals surface area contributed by atoms with Gasteiger partial charge in [0.1, 0.15) is 0 Å². The van der Waals surface area contributed by atoms with Crippen LogP contribution in [0.3, 0.4) is 0 Å². The molecule has 0 amide bonds. The molecule has 2 saturated heterocycles. The lowest BCUT2D eigenvalue weighted by Gasteiger charge is -2.16. The van der Waals surface area contributed by atoms with E-state index in [1.807, 2.05) is 0 Å². The molecule has 0 unspecified atom stereocenters. The standard InChI is InChI=1S/C5H8S4.3CH4.17H2S/c1-5(2-7-6-1)3-8-9-4-5;;;;;;;;;;;;;;;;;;;;/h1-4H2;3*1H4;17*1H2. The zero-order chi connectivity index (χ0) is 6.16. The molecule has 2 aliphatic heterocycles. The lowest BCUT2D eigenvalue weighted by Crippen LogP contribution is -2.24. The number of hydrogen-bond donors (Lipinski definition) is 0. The molecule has 29 heavy (non-hydrogen) atoms. The summed E-state index contributed by atoms with van der Waals surface area (Å²) in [6, 6.07) is 0. The maximum atomic E-state index is 2.06. The second-order valence-electron chi connectivity index (χ2n) is 2.55. The van der Waals surface area contributed by atoms with Crippen molar-refractivity contribution < 1.29 is 0 Å². The fourth-order valence-electron chi connectivity index (χ4n) is 0.917. The predicted octanol–water partition coefficient (Wildman–Crippen LogP) is 6.59. The van der Waals surface area contributed by atoms with Crippen LogP contribution in [0.15, 0.2) is 0 Å². The van der Waals surface area contributed by atoms with E-state index < -0.39 is 0 Å². The Bertz CT molecular complexity index is 99.7. The van der Waals surface area contributed by atoms with Gasteiger partial charge in [-0.1, -0.05) is 65.5 Å². The van der Waals surface area contributed by atoms with Gasteiger partial charge in [0.15, 0.2) is 0 Å². The molecule has 212 valence electrons. The van der Waals surface area contributed by atoms with Gasteiger partial charge in [0, 0.05) is 28.4 Å². The molecule has 0 aromatic heterocycles. The highest BCUT2D eigenvalue weighted by Crippen LogP contribution is 2.53. The molecule has 0 saturated carbocycles. The average Bonchev–Trinajstić information content (AvgIpc) is 2.45. The first kappa shape index (κ1) is 151. The molecule has 0 bridgehead atoms. The molecule has 1 spiro atoms. The highest BCUT2D eigenvalue weighted by Gasteiger charge is 2.38. The van der Waals surface area contributed by atoms with E-state index in [2.05, 4.69) is 43.2 Å². The van der Waals surface area contributed by atoms with Crippen LogP contribution in [-0.2, 0) is 0 Å². The SMILES string of the molecule is C.C.C.C1SSCC12CSSC2.S.S.S.S.S.S.S.S.S.S.S.S.S.S.S.S.S. The van der Waals surface area contributed by atoms with Crippen LogP contribution < -0.4 is 0 Å². The molecule has 0 radical (unpaired) electrons. The first-order valence-corrected chi connectivity index (χ1v) is 7.88. The molecule has 0 aromatic rings. The second-order valence-corrected chi connectivity index (χ2v) is 7.47. The van der Waals surface area contributed by atoms with Crippen LogP contribution in [0.25, 0.3) is 0 Å². The lowest BCUT2D eigenvalue weighted by atomic mass is 9.99. The van der Waals surface area contributed by atoms with E-state index in [0.29, 0.717) is 0 Å². The minimum Gasteiger partial charge on any atom is -0.197 e. The molecular formula is C8H54S21. The van der Waals surface area contributed by atoms with Crippen molar-refractivity contribution in [2.75, 3.05) is 23.0 Å². The minimum atomic E-state index is 0. The zero-order valence-corrected chi connectivity index (χ0v) is 33.7. The van der Waals surface area contributed by atoms with Crippen molar-refractivity contribution in [1.29, 1.82) is 0 Å². The number of rotatable bonds is 0. The molecule has 0 nitrogen and oxygen atoms in total. The average molecular weight is 824 g/mol. The molecule has 2 fully saturated rings. The van der Waals surface area contributed by atoms with Gasteiger partial charge in [-0.2, -0.15) is 229 Å². The third-order valence-corrected chi connectivity index (χ3v) is 7.30. The van der Waals surface area contributed by atoms with Crippen molar-refractivity contribution in [3.8, 4) is 0 Å². The predicted molar refractivity (Wildman–Crippen MR) is 249 cm³/mol. The summed E-state index contributed by atoms with van der Waals surface area (Å²) in [6.07, 6.45) is 0. The van der Waals surface area contributed by atoms with Crippen LogP contribution in [0, 0.1) is 5.41 Å². The van der Waals surface area contributed by atoms with Crippen LogP contribution in [-0.4, -0.2) is 23.0 Å². The van der Waals surface area contributed by atoms with Crippen molar-refractivity contribution in [3.05, 3.63) is 0 Å². The Morgan fingerprint density at radius 1 is 0.276 bits per heavy atom. The summed E-state index contributed by atoms with van der Waals surface area (Å²) in [6.45, 7) is 0. The van der Waals surface area contributed by atoms with Gasteiger partial charge in [-0.25, -0.2) is 0 Å². The van der Waals surface area contributed by atoms with Crippen LogP contribution in [0.5, 0.6) is 0 Å². The fourth-order valence-corrected chi connectivity index (χ4v) is 8.25. The maximum Gasteiger partial charge on any atom is 0.0118 e. The van der Waals surface area contributed by atoms with Crippen LogP contribution in [0.1, 0.15) is 22.3 Å². The molecule has 0 aliphatic carbocycles. The normalized spacial score (nSPS) is 9.93. The summed E-state index contributed by atoms with van der Waals surface area (Å²) >= 11 is 0. The molecule has 0 aromatic carbocycles. The van der Waals surface area contributed by atoms with Gasteiger partial charge in [0.05, 0.1) is 0 Å². The van der Waals surface area contributed by atoms with Crippen molar-refractivity contribution in [2.45, 2.75) is 22.3 Å². The smallest absolute Gasteiger partial charge is 0.0118 e. The second kappa shape index (κ2) is 91.5. The van der Waals surface area contributed by atoms with E-state index in [4.69, 9.17) is 0 Å². The van der Waals surface area contributed by atoms with E-state index in [-0.39, 0.29) is 252 Å². The summed E-state index contributed by atoms with van der Waals surface area (Å²) in [5.74, 6) is 5.60. The van der Waals surface area contributed by atoms with E-state index in [1.54, 1.807) is 0 Å². The van der Waals surface area contributed by atoms with E-state index in [0.717, 1.165) is 5.41 Å². The van der Waals surface area contributed by atoms with E-state index >= 15 is 0 Å². The van der Waals surface area contributed by atoms with Crippen molar-refractivity contribution in [1.82, 2.24) is 0 Å². The van der Waals surface area contributed by atoms with Gasteiger partial charge in [-0.15, -0.1) is 0 Å². The van der Waals surface area contributed by atoms with Gasteiger partial charge in [0.25, 0.3) is 0 Å². The third-order valence-electron chi connectivity index (χ3n) is 1.63. The van der Waals surface area contributed by atoms with Crippen molar-refractivity contribution in [3.63, 3.8) is 0 Å². The molecule has 21 heteroatoms. The monoisotopic (exact) mass is 822 g/mol. The maximum absolute atomic E-state index is 2.06. The summed E-state index contributed by atoms with van der Waals surface area (Å²) in [4.78, 5) is 0. The molecular weight excluding hydrogens is 769 g/mol. The Morgan fingerprint density at radius 2 is 0.379 bits per heavy atom. The Kier molecular flexibility index (Phi) is 476. The van der Waals surface area contributed by atoms with Gasteiger partial charge in [-0.05, 0) is 0 Å². The summed E-state index contributed by atoms with van der Waals surface area (Å²) in [5, 5.41) is 0. The summed E-state index contributed by atoms with van der Waals surface area (Å²) in [5.41, 5.74) is 0.741. The molecule has 0 atom stereocenters. The summed E-state index contributed by atoms with van der Waals surface area (Å²) in [7, 11) is 8.24. The molecule has 2 aliphatic rings. The quantitative estimate of drug-likeness (QED) is 0.253. The Morgan fingerprint density at radius 3 is 0.483 bits per heavy atom. The zero-order valence-electron chi connectivity index (χ0n) is 13.5. The fraction of sp³-hybridized carbons (Fsp3) is 1.00. The van der Waals surface area contributed by atoms with Gasteiger partial charge < -0.3 is 0 Å². The Hall–Kier alpha value is 7.35. The van der Waals surface area contributed by atoms with E-state index in [9.17, 15) is 0 Å². The molecule has 2 heterocycles. The largest absolute Gasteiger partial charge is 0.197 e. The van der Waals surface area contributed by atoms with Gasteiger partial charge >= 0.3 is 0 Å². The Balaban J connectivity index is -0.00000000294. The van der Waals surface area contributed by atoms with Gasteiger partial charge in [0.2, 0.25) is 0 Å². The van der Waals surface area contributed by atoms with Crippen molar-refractivity contribution >= 4 is 273 Å². The minimum absolute atomic E-state index is 0. The van der Waals surface area contributed by atoms with E-state index in [1.165, 1.54) is 23.0 Å². The molecule has 2 rings (SSSR count). The van der Waals surface area contributed by atoms with Crippen LogP contribution in [0.2, 0.25) is 0 Å². The first-order chi connectivity index (χ1) is 4.41. The van der Waals surface area contributed by atoms with Gasteiger partial charge in [-0.3, -0.25) is 0 Å². The highest BCUT2D eigenvalue weighted by molar-refractivity contribution is 8.78. The topological polar surface area (TPSA) is 0 Å². The Labute approximate surface area is 318 Å². The number of hydrogen-bond acceptors (Lipinski definition) is 4. The van der Waals surface area contributed by atoms with Crippen LogP contribution >= 0.6 is 273 Å². The van der Waals surface area contributed by atoms with Crippen molar-refractivity contribution in [2.24, 2.45) is 5.41 Å².